The molecule has 1 aliphatic rings. The van der Waals surface area contributed by atoms with Gasteiger partial charge < -0.3 is 0 Å². The topological polar surface area (TPSA) is 0 Å². The van der Waals surface area contributed by atoms with E-state index in [1.807, 2.05) is 0 Å². The summed E-state index contributed by atoms with van der Waals surface area (Å²) in [6.45, 7) is 16.4. The number of fused-ring (bicyclic) bond motifs is 1. The van der Waals surface area contributed by atoms with Crippen LogP contribution in [0.5, 0.6) is 0 Å². The van der Waals surface area contributed by atoms with Crippen LogP contribution >= 0.6 is 0 Å². The molecule has 3 atom stereocenters. The minimum atomic E-state index is 0.715. The predicted molar refractivity (Wildman–Crippen MR) is 75.8 cm³/mol. The normalized spacial score (nSPS) is 28.1. The predicted octanol–water partition coefficient (Wildman–Crippen LogP) is 4.85. The van der Waals surface area contributed by atoms with E-state index in [-0.39, 0.29) is 0 Å². The molecular weight excluding hydrogens is 204 g/mol. The molecule has 0 saturated heterocycles. The second-order valence-electron chi connectivity index (χ2n) is 6.22. The molecule has 17 heavy (non-hydrogen) atoms. The van der Waals surface area contributed by atoms with Crippen molar-refractivity contribution in [3.05, 3.63) is 33.4 Å². The average Bonchev–Trinajstić information content (AvgIpc) is 2.30. The van der Waals surface area contributed by atoms with Gasteiger partial charge in [-0.1, -0.05) is 20.8 Å². The standard InChI is InChI=1S/C17H26/c1-9-8-16-13(5)11(3)12(4)15(7)17(16)14(6)10(9)2/h9-10,14H,8H2,1-7H3/t9?,10-,14?/m1/s1. The average molecular weight is 230 g/mol. The van der Waals surface area contributed by atoms with Gasteiger partial charge in [0.2, 0.25) is 0 Å². The molecule has 0 bridgehead atoms. The highest BCUT2D eigenvalue weighted by atomic mass is 14.4. The number of rotatable bonds is 0. The van der Waals surface area contributed by atoms with Crippen LogP contribution in [0.25, 0.3) is 0 Å². The van der Waals surface area contributed by atoms with Gasteiger partial charge in [-0.15, -0.1) is 0 Å². The highest BCUT2D eigenvalue weighted by Gasteiger charge is 2.31. The van der Waals surface area contributed by atoms with E-state index in [9.17, 15) is 0 Å². The number of hydrogen-bond acceptors (Lipinski definition) is 0. The van der Waals surface area contributed by atoms with Gasteiger partial charge in [0.25, 0.3) is 0 Å². The summed E-state index contributed by atoms with van der Waals surface area (Å²) in [5, 5.41) is 0. The van der Waals surface area contributed by atoms with Crippen LogP contribution in [0, 0.1) is 39.5 Å². The second kappa shape index (κ2) is 4.15. The van der Waals surface area contributed by atoms with Gasteiger partial charge in [-0.25, -0.2) is 0 Å². The third kappa shape index (κ3) is 1.73. The van der Waals surface area contributed by atoms with Gasteiger partial charge in [-0.2, -0.15) is 0 Å². The molecule has 0 heteroatoms. The fourth-order valence-electron chi connectivity index (χ4n) is 3.56. The summed E-state index contributed by atoms with van der Waals surface area (Å²) in [6.07, 6.45) is 1.27. The van der Waals surface area contributed by atoms with Gasteiger partial charge in [0.05, 0.1) is 0 Å². The summed E-state index contributed by atoms with van der Waals surface area (Å²) in [7, 11) is 0. The van der Waals surface area contributed by atoms with Crippen LogP contribution < -0.4 is 0 Å². The molecule has 2 unspecified atom stereocenters. The Morgan fingerprint density at radius 2 is 1.29 bits per heavy atom. The Morgan fingerprint density at radius 1 is 0.765 bits per heavy atom. The van der Waals surface area contributed by atoms with E-state index in [0.717, 1.165) is 11.8 Å². The summed E-state index contributed by atoms with van der Waals surface area (Å²) in [5.41, 5.74) is 9.44. The van der Waals surface area contributed by atoms with Crippen LogP contribution in [0.3, 0.4) is 0 Å². The molecule has 1 aromatic carbocycles. The molecule has 94 valence electrons. The molecule has 0 N–H and O–H groups in total. The maximum atomic E-state index is 2.42. The van der Waals surface area contributed by atoms with Crippen LogP contribution in [-0.2, 0) is 6.42 Å². The molecule has 0 saturated carbocycles. The summed E-state index contributed by atoms with van der Waals surface area (Å²) in [4.78, 5) is 0. The highest BCUT2D eigenvalue weighted by molar-refractivity contribution is 5.52. The van der Waals surface area contributed by atoms with Crippen molar-refractivity contribution in [3.63, 3.8) is 0 Å². The first-order chi connectivity index (χ1) is 7.86. The Hall–Kier alpha value is -0.780. The zero-order valence-electron chi connectivity index (χ0n) is 12.4. The Kier molecular flexibility index (Phi) is 3.10. The van der Waals surface area contributed by atoms with E-state index in [1.165, 1.54) is 17.5 Å². The van der Waals surface area contributed by atoms with Crippen LogP contribution in [0.4, 0.5) is 0 Å². The van der Waals surface area contributed by atoms with E-state index in [0.29, 0.717) is 5.92 Å². The third-order valence-electron chi connectivity index (χ3n) is 5.54. The van der Waals surface area contributed by atoms with Crippen molar-refractivity contribution in [3.8, 4) is 0 Å². The number of hydrogen-bond donors (Lipinski definition) is 0. The van der Waals surface area contributed by atoms with Gasteiger partial charge >= 0.3 is 0 Å². The zero-order valence-corrected chi connectivity index (χ0v) is 12.4. The van der Waals surface area contributed by atoms with E-state index >= 15 is 0 Å². The lowest BCUT2D eigenvalue weighted by molar-refractivity contribution is 0.311. The van der Waals surface area contributed by atoms with Gasteiger partial charge in [0.1, 0.15) is 0 Å². The maximum Gasteiger partial charge on any atom is -0.0156 e. The fourth-order valence-corrected chi connectivity index (χ4v) is 3.56. The quantitative estimate of drug-likeness (QED) is 0.597. The maximum absolute atomic E-state index is 2.42. The molecule has 0 spiro atoms. The van der Waals surface area contributed by atoms with Crippen molar-refractivity contribution in [1.82, 2.24) is 0 Å². The smallest absolute Gasteiger partial charge is 0.0156 e. The monoisotopic (exact) mass is 230 g/mol. The van der Waals surface area contributed by atoms with E-state index < -0.39 is 0 Å². The van der Waals surface area contributed by atoms with Gasteiger partial charge in [0, 0.05) is 0 Å². The molecule has 2 rings (SSSR count). The first kappa shape index (κ1) is 12.7. The molecule has 1 aliphatic carbocycles. The van der Waals surface area contributed by atoms with Crippen LogP contribution in [0.1, 0.15) is 60.1 Å². The Labute approximate surface area is 106 Å². The molecule has 0 amide bonds. The molecule has 1 aromatic rings. The van der Waals surface area contributed by atoms with Crippen molar-refractivity contribution in [2.24, 2.45) is 11.8 Å². The Morgan fingerprint density at radius 3 is 1.88 bits per heavy atom. The van der Waals surface area contributed by atoms with Crippen LogP contribution in [-0.4, -0.2) is 0 Å². The molecule has 0 heterocycles. The molecule has 0 aromatic heterocycles. The summed E-state index contributed by atoms with van der Waals surface area (Å²) in [5.74, 6) is 2.34. The van der Waals surface area contributed by atoms with Crippen molar-refractivity contribution in [1.29, 1.82) is 0 Å². The lowest BCUT2D eigenvalue weighted by atomic mass is 9.68. The molecule has 0 aliphatic heterocycles. The highest BCUT2D eigenvalue weighted by Crippen LogP contribution is 2.43. The molecule has 0 nitrogen and oxygen atoms in total. The summed E-state index contributed by atoms with van der Waals surface area (Å²) < 4.78 is 0. The third-order valence-corrected chi connectivity index (χ3v) is 5.54. The van der Waals surface area contributed by atoms with Crippen LogP contribution in [0.2, 0.25) is 0 Å². The molecule has 0 fully saturated rings. The minimum absolute atomic E-state index is 0.715. The lowest BCUT2D eigenvalue weighted by Crippen LogP contribution is -2.26. The van der Waals surface area contributed by atoms with Crippen molar-refractivity contribution in [2.75, 3.05) is 0 Å². The lowest BCUT2D eigenvalue weighted by Gasteiger charge is -2.37. The Bertz CT molecular complexity index is 454. The van der Waals surface area contributed by atoms with Crippen molar-refractivity contribution >= 4 is 0 Å². The van der Waals surface area contributed by atoms with Crippen molar-refractivity contribution in [2.45, 2.75) is 60.8 Å². The largest absolute Gasteiger partial charge is 0.0619 e. The SMILES string of the molecule is Cc1c(C)c(C)c2c(c1C)CC(C)[C@@H](C)C2C. The second-order valence-corrected chi connectivity index (χ2v) is 6.22. The summed E-state index contributed by atoms with van der Waals surface area (Å²) >= 11 is 0. The van der Waals surface area contributed by atoms with Gasteiger partial charge in [-0.3, -0.25) is 0 Å². The summed E-state index contributed by atoms with van der Waals surface area (Å²) in [6, 6.07) is 0. The minimum Gasteiger partial charge on any atom is -0.0619 e. The van der Waals surface area contributed by atoms with E-state index in [4.69, 9.17) is 0 Å². The number of benzene rings is 1. The Balaban J connectivity index is 2.72. The van der Waals surface area contributed by atoms with Crippen molar-refractivity contribution < 1.29 is 0 Å². The van der Waals surface area contributed by atoms with E-state index in [1.54, 1.807) is 22.3 Å². The van der Waals surface area contributed by atoms with E-state index in [2.05, 4.69) is 48.5 Å². The zero-order chi connectivity index (χ0) is 12.9. The molecule has 0 radical (unpaired) electrons. The van der Waals surface area contributed by atoms with Gasteiger partial charge in [-0.05, 0) is 85.3 Å². The van der Waals surface area contributed by atoms with Crippen LogP contribution in [0.15, 0.2) is 0 Å². The first-order valence-electron chi connectivity index (χ1n) is 6.95. The fraction of sp³-hybridized carbons (Fsp3) is 0.647. The first-order valence-corrected chi connectivity index (χ1v) is 6.95. The molecular formula is C17H26. The van der Waals surface area contributed by atoms with Gasteiger partial charge in [0.15, 0.2) is 0 Å².